The van der Waals surface area contributed by atoms with Crippen LogP contribution in [0.3, 0.4) is 0 Å². The molecule has 0 aliphatic rings. The van der Waals surface area contributed by atoms with Crippen molar-refractivity contribution in [3.05, 3.63) is 120 Å². The zero-order chi connectivity index (χ0) is 21.8. The van der Waals surface area contributed by atoms with Gasteiger partial charge in [-0.05, 0) is 40.6 Å². The SMILES string of the molecule is O=C(N/N=C\c1ccccc1)c1cc(-c2ccc3ccccc3c2)n(-c2ccccc2)n1. The topological polar surface area (TPSA) is 59.3 Å². The number of hydrogen-bond donors (Lipinski definition) is 1. The van der Waals surface area contributed by atoms with Crippen LogP contribution in [0, 0.1) is 0 Å². The van der Waals surface area contributed by atoms with E-state index in [-0.39, 0.29) is 5.91 Å². The Hall–Kier alpha value is -4.51. The maximum atomic E-state index is 12.8. The van der Waals surface area contributed by atoms with Crippen LogP contribution in [0.5, 0.6) is 0 Å². The summed E-state index contributed by atoms with van der Waals surface area (Å²) in [6, 6.07) is 35.6. The molecule has 4 aromatic carbocycles. The number of hydrazone groups is 1. The Balaban J connectivity index is 1.51. The van der Waals surface area contributed by atoms with Crippen molar-refractivity contribution in [3.8, 4) is 16.9 Å². The van der Waals surface area contributed by atoms with E-state index in [9.17, 15) is 4.79 Å². The molecule has 32 heavy (non-hydrogen) atoms. The van der Waals surface area contributed by atoms with Gasteiger partial charge in [0.05, 0.1) is 17.6 Å². The summed E-state index contributed by atoms with van der Waals surface area (Å²) in [5.41, 5.74) is 6.46. The van der Waals surface area contributed by atoms with Crippen molar-refractivity contribution >= 4 is 22.9 Å². The standard InChI is InChI=1S/C27H20N4O/c32-27(29-28-19-20-9-3-1-4-10-20)25-18-26(31(30-25)24-13-5-2-6-14-24)23-16-15-21-11-7-8-12-22(21)17-23/h1-19H,(H,29,32)/b28-19-. The highest BCUT2D eigenvalue weighted by atomic mass is 16.2. The van der Waals surface area contributed by atoms with Crippen LogP contribution in [0.15, 0.2) is 114 Å². The fourth-order valence-corrected chi connectivity index (χ4v) is 3.57. The van der Waals surface area contributed by atoms with Gasteiger partial charge in [0.15, 0.2) is 5.69 Å². The van der Waals surface area contributed by atoms with Crippen LogP contribution in [-0.4, -0.2) is 21.9 Å². The smallest absolute Gasteiger partial charge is 0.265 e. The lowest BCUT2D eigenvalue weighted by atomic mass is 10.0. The lowest BCUT2D eigenvalue weighted by molar-refractivity contribution is 0.0949. The molecule has 0 radical (unpaired) electrons. The van der Waals surface area contributed by atoms with Gasteiger partial charge in [-0.1, -0.05) is 84.9 Å². The van der Waals surface area contributed by atoms with Crippen molar-refractivity contribution in [2.75, 3.05) is 0 Å². The first kappa shape index (κ1) is 19.5. The van der Waals surface area contributed by atoms with Crippen molar-refractivity contribution in [1.82, 2.24) is 15.2 Å². The van der Waals surface area contributed by atoms with Crippen molar-refractivity contribution in [1.29, 1.82) is 0 Å². The molecule has 0 aliphatic carbocycles. The Morgan fingerprint density at radius 1 is 0.781 bits per heavy atom. The molecule has 0 saturated heterocycles. The molecule has 5 aromatic rings. The molecule has 0 atom stereocenters. The summed E-state index contributed by atoms with van der Waals surface area (Å²) in [5.74, 6) is -0.367. The van der Waals surface area contributed by atoms with Gasteiger partial charge < -0.3 is 0 Å². The highest BCUT2D eigenvalue weighted by molar-refractivity contribution is 5.95. The van der Waals surface area contributed by atoms with Crippen LogP contribution in [-0.2, 0) is 0 Å². The van der Waals surface area contributed by atoms with Crippen LogP contribution in [0.2, 0.25) is 0 Å². The molecule has 0 aliphatic heterocycles. The molecule has 1 aromatic heterocycles. The molecular formula is C27H20N4O. The number of nitrogens with one attached hydrogen (secondary N) is 1. The molecule has 0 spiro atoms. The Labute approximate surface area is 185 Å². The summed E-state index contributed by atoms with van der Waals surface area (Å²) < 4.78 is 1.79. The van der Waals surface area contributed by atoms with E-state index in [0.717, 1.165) is 33.3 Å². The van der Waals surface area contributed by atoms with Crippen LogP contribution in [0.4, 0.5) is 0 Å². The molecule has 0 saturated carbocycles. The quantitative estimate of drug-likeness (QED) is 0.306. The highest BCUT2D eigenvalue weighted by Crippen LogP contribution is 2.27. The van der Waals surface area contributed by atoms with Crippen LogP contribution < -0.4 is 5.43 Å². The first-order chi connectivity index (χ1) is 15.8. The maximum absolute atomic E-state index is 12.8. The van der Waals surface area contributed by atoms with Gasteiger partial charge in [-0.3, -0.25) is 4.79 Å². The maximum Gasteiger partial charge on any atom is 0.291 e. The molecule has 0 bridgehead atoms. The summed E-state index contributed by atoms with van der Waals surface area (Å²) >= 11 is 0. The van der Waals surface area contributed by atoms with Gasteiger partial charge in [0.25, 0.3) is 5.91 Å². The Morgan fingerprint density at radius 3 is 2.25 bits per heavy atom. The highest BCUT2D eigenvalue weighted by Gasteiger charge is 2.17. The number of fused-ring (bicyclic) bond motifs is 1. The number of amides is 1. The van der Waals surface area contributed by atoms with E-state index < -0.39 is 0 Å². The minimum Gasteiger partial charge on any atom is -0.265 e. The monoisotopic (exact) mass is 416 g/mol. The lowest BCUT2D eigenvalue weighted by Crippen LogP contribution is -2.18. The van der Waals surface area contributed by atoms with E-state index >= 15 is 0 Å². The second kappa shape index (κ2) is 8.70. The van der Waals surface area contributed by atoms with Crippen LogP contribution in [0.25, 0.3) is 27.7 Å². The van der Waals surface area contributed by atoms with E-state index in [2.05, 4.69) is 39.9 Å². The van der Waals surface area contributed by atoms with Gasteiger partial charge in [0, 0.05) is 5.56 Å². The van der Waals surface area contributed by atoms with E-state index in [1.807, 2.05) is 78.9 Å². The lowest BCUT2D eigenvalue weighted by Gasteiger charge is -2.08. The van der Waals surface area contributed by atoms with E-state index in [0.29, 0.717) is 5.69 Å². The van der Waals surface area contributed by atoms with E-state index in [4.69, 9.17) is 0 Å². The molecule has 5 heteroatoms. The number of hydrogen-bond acceptors (Lipinski definition) is 3. The molecule has 0 unspecified atom stereocenters. The van der Waals surface area contributed by atoms with Gasteiger partial charge in [-0.25, -0.2) is 10.1 Å². The number of carbonyl (C=O) groups is 1. The van der Waals surface area contributed by atoms with Crippen molar-refractivity contribution < 1.29 is 4.79 Å². The number of para-hydroxylation sites is 1. The second-order valence-electron chi connectivity index (χ2n) is 7.33. The average Bonchev–Trinajstić information content (AvgIpc) is 3.31. The number of aromatic nitrogens is 2. The largest absolute Gasteiger partial charge is 0.291 e. The molecular weight excluding hydrogens is 396 g/mol. The van der Waals surface area contributed by atoms with Crippen LogP contribution in [0.1, 0.15) is 16.1 Å². The zero-order valence-electron chi connectivity index (χ0n) is 17.2. The number of carbonyl (C=O) groups excluding carboxylic acids is 1. The molecule has 5 nitrogen and oxygen atoms in total. The number of benzene rings is 4. The van der Waals surface area contributed by atoms with Crippen molar-refractivity contribution in [3.63, 3.8) is 0 Å². The summed E-state index contributed by atoms with van der Waals surface area (Å²) in [7, 11) is 0. The van der Waals surface area contributed by atoms with Crippen molar-refractivity contribution in [2.24, 2.45) is 5.10 Å². The first-order valence-corrected chi connectivity index (χ1v) is 10.3. The Kier molecular flexibility index (Phi) is 5.29. The summed E-state index contributed by atoms with van der Waals surface area (Å²) in [5, 5.41) is 11.0. The minimum atomic E-state index is -0.367. The third-order valence-corrected chi connectivity index (χ3v) is 5.17. The summed E-state index contributed by atoms with van der Waals surface area (Å²) in [6.45, 7) is 0. The normalized spacial score (nSPS) is 11.1. The molecule has 154 valence electrons. The molecule has 5 rings (SSSR count). The van der Waals surface area contributed by atoms with E-state index in [1.54, 1.807) is 17.0 Å². The van der Waals surface area contributed by atoms with Crippen LogP contribution >= 0.6 is 0 Å². The predicted molar refractivity (Wildman–Crippen MR) is 128 cm³/mol. The zero-order valence-corrected chi connectivity index (χ0v) is 17.2. The average molecular weight is 416 g/mol. The summed E-state index contributed by atoms with van der Waals surface area (Å²) in [6.07, 6.45) is 1.61. The van der Waals surface area contributed by atoms with Crippen molar-refractivity contribution in [2.45, 2.75) is 0 Å². The second-order valence-corrected chi connectivity index (χ2v) is 7.33. The predicted octanol–water partition coefficient (Wildman–Crippen LogP) is 5.46. The number of nitrogens with zero attached hydrogens (tertiary/aromatic N) is 3. The third-order valence-electron chi connectivity index (χ3n) is 5.17. The molecule has 1 N–H and O–H groups in total. The Morgan fingerprint density at radius 2 is 1.47 bits per heavy atom. The minimum absolute atomic E-state index is 0.294. The molecule has 0 fully saturated rings. The van der Waals surface area contributed by atoms with Gasteiger partial charge in [-0.15, -0.1) is 0 Å². The van der Waals surface area contributed by atoms with Gasteiger partial charge >= 0.3 is 0 Å². The third kappa shape index (κ3) is 4.04. The molecule has 1 heterocycles. The fraction of sp³-hybridized carbons (Fsp3) is 0. The summed E-state index contributed by atoms with van der Waals surface area (Å²) in [4.78, 5) is 12.8. The number of rotatable bonds is 5. The molecule has 1 amide bonds. The fourth-order valence-electron chi connectivity index (χ4n) is 3.57. The van der Waals surface area contributed by atoms with Gasteiger partial charge in [-0.2, -0.15) is 10.2 Å². The van der Waals surface area contributed by atoms with Gasteiger partial charge in [0.1, 0.15) is 0 Å². The van der Waals surface area contributed by atoms with Gasteiger partial charge in [0.2, 0.25) is 0 Å². The Bertz CT molecular complexity index is 1410. The first-order valence-electron chi connectivity index (χ1n) is 10.3. The van der Waals surface area contributed by atoms with E-state index in [1.165, 1.54) is 0 Å².